The van der Waals surface area contributed by atoms with Gasteiger partial charge in [-0.3, -0.25) is 0 Å². The summed E-state index contributed by atoms with van der Waals surface area (Å²) >= 11 is 0. The maximum absolute atomic E-state index is 5.70. The van der Waals surface area contributed by atoms with E-state index in [0.29, 0.717) is 18.5 Å². The highest BCUT2D eigenvalue weighted by molar-refractivity contribution is 4.98. The van der Waals surface area contributed by atoms with Gasteiger partial charge in [-0.05, 0) is 12.8 Å². The number of rotatable bonds is 6. The van der Waals surface area contributed by atoms with E-state index in [2.05, 4.69) is 31.0 Å². The lowest BCUT2D eigenvalue weighted by Gasteiger charge is -2.24. The molecule has 0 saturated heterocycles. The van der Waals surface area contributed by atoms with Crippen LogP contribution in [0.1, 0.15) is 33.6 Å². The molecule has 0 aliphatic rings. The Kier molecular flexibility index (Phi) is 7.77. The van der Waals surface area contributed by atoms with E-state index in [1.165, 1.54) is 12.8 Å². The van der Waals surface area contributed by atoms with Crippen molar-refractivity contribution >= 4 is 0 Å². The topological polar surface area (TPSA) is 38.0 Å². The molecule has 0 spiro atoms. The fourth-order valence-electron chi connectivity index (χ4n) is 1.57. The lowest BCUT2D eigenvalue weighted by atomic mass is 9.94. The Morgan fingerprint density at radius 1 is 1.31 bits per heavy atom. The van der Waals surface area contributed by atoms with Crippen molar-refractivity contribution in [1.29, 1.82) is 0 Å². The van der Waals surface area contributed by atoms with Crippen LogP contribution in [0.3, 0.4) is 0 Å². The molecular formula is C11H22N2. The van der Waals surface area contributed by atoms with E-state index >= 15 is 0 Å². The minimum Gasteiger partial charge on any atom is -0.329 e. The Labute approximate surface area is 82.3 Å². The highest BCUT2D eigenvalue weighted by atomic mass is 14.9. The molecule has 0 fully saturated rings. The zero-order valence-corrected chi connectivity index (χ0v) is 9.06. The Hall–Kier alpha value is -0.520. The van der Waals surface area contributed by atoms with Gasteiger partial charge in [-0.2, -0.15) is 0 Å². The van der Waals surface area contributed by atoms with Gasteiger partial charge in [0.1, 0.15) is 0 Å². The highest BCUT2D eigenvalue weighted by Gasteiger charge is 2.15. The molecule has 76 valence electrons. The fraction of sp³-hybridized carbons (Fsp3) is 0.818. The SMILES string of the molecule is CC#CCNC(CN)C(CC)CC. The summed E-state index contributed by atoms with van der Waals surface area (Å²) < 4.78 is 0. The number of nitrogens with one attached hydrogen (secondary N) is 1. The molecule has 1 unspecified atom stereocenters. The first kappa shape index (κ1) is 12.5. The van der Waals surface area contributed by atoms with E-state index in [1.54, 1.807) is 0 Å². The van der Waals surface area contributed by atoms with Gasteiger partial charge in [0.25, 0.3) is 0 Å². The molecule has 13 heavy (non-hydrogen) atoms. The fourth-order valence-corrected chi connectivity index (χ4v) is 1.57. The van der Waals surface area contributed by atoms with Crippen molar-refractivity contribution in [2.24, 2.45) is 11.7 Å². The molecule has 2 nitrogen and oxygen atoms in total. The Morgan fingerprint density at radius 2 is 1.92 bits per heavy atom. The predicted octanol–water partition coefficient (Wildman–Crippen LogP) is 1.36. The Balaban J connectivity index is 3.89. The normalized spacial score (nSPS) is 12.4. The van der Waals surface area contributed by atoms with Crippen LogP contribution in [0.25, 0.3) is 0 Å². The van der Waals surface area contributed by atoms with Crippen molar-refractivity contribution in [1.82, 2.24) is 5.32 Å². The standard InChI is InChI=1S/C11H22N2/c1-4-7-8-13-11(9-12)10(5-2)6-3/h10-11,13H,5-6,8-9,12H2,1-3H3. The molecule has 0 heterocycles. The summed E-state index contributed by atoms with van der Waals surface area (Å²) in [7, 11) is 0. The first-order valence-electron chi connectivity index (χ1n) is 5.13. The monoisotopic (exact) mass is 182 g/mol. The van der Waals surface area contributed by atoms with E-state index in [4.69, 9.17) is 5.73 Å². The second-order valence-corrected chi connectivity index (χ2v) is 3.23. The molecule has 0 amide bonds. The molecule has 0 saturated carbocycles. The first-order chi connectivity index (χ1) is 6.29. The van der Waals surface area contributed by atoms with Gasteiger partial charge in [0.05, 0.1) is 6.54 Å². The van der Waals surface area contributed by atoms with Gasteiger partial charge < -0.3 is 11.1 Å². The maximum Gasteiger partial charge on any atom is 0.0579 e. The zero-order valence-electron chi connectivity index (χ0n) is 9.06. The second-order valence-electron chi connectivity index (χ2n) is 3.23. The van der Waals surface area contributed by atoms with Crippen LogP contribution in [0.5, 0.6) is 0 Å². The van der Waals surface area contributed by atoms with Crippen molar-refractivity contribution in [2.75, 3.05) is 13.1 Å². The van der Waals surface area contributed by atoms with Crippen LogP contribution in [-0.2, 0) is 0 Å². The van der Waals surface area contributed by atoms with E-state index in [0.717, 1.165) is 6.54 Å². The van der Waals surface area contributed by atoms with Crippen molar-refractivity contribution in [3.8, 4) is 11.8 Å². The van der Waals surface area contributed by atoms with Crippen LogP contribution in [0.15, 0.2) is 0 Å². The third-order valence-corrected chi connectivity index (χ3v) is 2.50. The van der Waals surface area contributed by atoms with Gasteiger partial charge >= 0.3 is 0 Å². The van der Waals surface area contributed by atoms with Crippen LogP contribution in [0.2, 0.25) is 0 Å². The lowest BCUT2D eigenvalue weighted by molar-refractivity contribution is 0.350. The molecule has 0 aromatic carbocycles. The smallest absolute Gasteiger partial charge is 0.0579 e. The van der Waals surface area contributed by atoms with Crippen LogP contribution in [0, 0.1) is 17.8 Å². The van der Waals surface area contributed by atoms with E-state index in [9.17, 15) is 0 Å². The van der Waals surface area contributed by atoms with E-state index < -0.39 is 0 Å². The van der Waals surface area contributed by atoms with Gasteiger partial charge in [-0.1, -0.05) is 32.6 Å². The summed E-state index contributed by atoms with van der Waals surface area (Å²) in [5, 5.41) is 3.37. The molecule has 0 rings (SSSR count). The molecule has 0 aliphatic heterocycles. The summed E-state index contributed by atoms with van der Waals surface area (Å²) in [6.45, 7) is 7.75. The Bertz CT molecular complexity index is 163. The molecule has 0 radical (unpaired) electrons. The predicted molar refractivity (Wildman–Crippen MR) is 58.4 cm³/mol. The third kappa shape index (κ3) is 4.92. The molecule has 3 N–H and O–H groups in total. The van der Waals surface area contributed by atoms with E-state index in [1.807, 2.05) is 6.92 Å². The number of hydrogen-bond donors (Lipinski definition) is 2. The average molecular weight is 182 g/mol. The van der Waals surface area contributed by atoms with E-state index in [-0.39, 0.29) is 0 Å². The molecule has 0 aromatic rings. The number of hydrogen-bond acceptors (Lipinski definition) is 2. The molecule has 0 aliphatic carbocycles. The van der Waals surface area contributed by atoms with Gasteiger partial charge in [0.15, 0.2) is 0 Å². The quantitative estimate of drug-likeness (QED) is 0.609. The maximum atomic E-state index is 5.70. The van der Waals surface area contributed by atoms with Crippen LogP contribution < -0.4 is 11.1 Å². The summed E-state index contributed by atoms with van der Waals surface area (Å²) in [6.07, 6.45) is 2.37. The zero-order chi connectivity index (χ0) is 10.1. The van der Waals surface area contributed by atoms with Gasteiger partial charge in [-0.25, -0.2) is 0 Å². The van der Waals surface area contributed by atoms with Crippen LogP contribution >= 0.6 is 0 Å². The minimum absolute atomic E-state index is 0.427. The Morgan fingerprint density at radius 3 is 2.31 bits per heavy atom. The highest BCUT2D eigenvalue weighted by Crippen LogP contribution is 2.11. The second kappa shape index (κ2) is 8.10. The molecule has 0 bridgehead atoms. The van der Waals surface area contributed by atoms with Crippen molar-refractivity contribution in [3.05, 3.63) is 0 Å². The summed E-state index contributed by atoms with van der Waals surface area (Å²) in [5.41, 5.74) is 5.70. The molecule has 1 atom stereocenters. The van der Waals surface area contributed by atoms with Gasteiger partial charge in [0, 0.05) is 12.6 Å². The average Bonchev–Trinajstić information content (AvgIpc) is 2.17. The number of nitrogens with two attached hydrogens (primary N) is 1. The van der Waals surface area contributed by atoms with Gasteiger partial charge in [-0.15, -0.1) is 5.92 Å². The lowest BCUT2D eigenvalue weighted by Crippen LogP contribution is -2.42. The van der Waals surface area contributed by atoms with Crippen LogP contribution in [-0.4, -0.2) is 19.1 Å². The molecule has 0 aromatic heterocycles. The summed E-state index contributed by atoms with van der Waals surface area (Å²) in [4.78, 5) is 0. The molecular weight excluding hydrogens is 160 g/mol. The molecule has 2 heteroatoms. The first-order valence-corrected chi connectivity index (χ1v) is 5.13. The van der Waals surface area contributed by atoms with Crippen molar-refractivity contribution < 1.29 is 0 Å². The summed E-state index contributed by atoms with van der Waals surface area (Å²) in [5.74, 6) is 6.55. The van der Waals surface area contributed by atoms with Crippen LogP contribution in [0.4, 0.5) is 0 Å². The van der Waals surface area contributed by atoms with Crippen molar-refractivity contribution in [3.63, 3.8) is 0 Å². The third-order valence-electron chi connectivity index (χ3n) is 2.50. The minimum atomic E-state index is 0.427. The van der Waals surface area contributed by atoms with Gasteiger partial charge in [0.2, 0.25) is 0 Å². The van der Waals surface area contributed by atoms with Crippen molar-refractivity contribution in [2.45, 2.75) is 39.7 Å². The summed E-state index contributed by atoms with van der Waals surface area (Å²) in [6, 6.07) is 0.427. The largest absolute Gasteiger partial charge is 0.329 e.